The molecule has 0 bridgehead atoms. The minimum Gasteiger partial charge on any atom is -0.347 e. The maximum absolute atomic E-state index is 4.22. The summed E-state index contributed by atoms with van der Waals surface area (Å²) < 4.78 is 1.98. The molecule has 3 rings (SSSR count). The van der Waals surface area contributed by atoms with Crippen molar-refractivity contribution >= 4 is 33.8 Å². The summed E-state index contributed by atoms with van der Waals surface area (Å²) in [6.45, 7) is 13.6. The molecule has 0 saturated heterocycles. The van der Waals surface area contributed by atoms with E-state index < -0.39 is 0 Å². The van der Waals surface area contributed by atoms with E-state index in [2.05, 4.69) is 37.0 Å². The lowest BCUT2D eigenvalue weighted by Crippen LogP contribution is -1.98. The summed E-state index contributed by atoms with van der Waals surface area (Å²) in [7, 11) is 0. The molecule has 0 amide bonds. The number of nitrogens with zero attached hydrogens (tertiary/aromatic N) is 2. The molecule has 4 heteroatoms. The fourth-order valence-electron chi connectivity index (χ4n) is 2.09. The maximum atomic E-state index is 4.22. The van der Waals surface area contributed by atoms with Crippen LogP contribution in [-0.4, -0.2) is 9.38 Å². The Kier molecular flexibility index (Phi) is 6.58. The molecule has 3 aromatic heterocycles. The van der Waals surface area contributed by atoms with Crippen LogP contribution in [0.4, 0.5) is 5.00 Å². The Bertz CT molecular complexity index is 826. The van der Waals surface area contributed by atoms with Gasteiger partial charge < -0.3 is 9.72 Å². The Morgan fingerprint density at radius 1 is 1.33 bits per heavy atom. The molecule has 0 fully saturated rings. The van der Waals surface area contributed by atoms with Gasteiger partial charge in [-0.15, -0.1) is 17.9 Å². The van der Waals surface area contributed by atoms with E-state index in [9.17, 15) is 0 Å². The van der Waals surface area contributed by atoms with E-state index in [4.69, 9.17) is 0 Å². The Balaban J connectivity index is 0.000000368. The second kappa shape index (κ2) is 8.89. The number of anilines is 1. The molecule has 124 valence electrons. The predicted octanol–water partition coefficient (Wildman–Crippen LogP) is 6.09. The summed E-state index contributed by atoms with van der Waals surface area (Å²) in [5, 5.41) is 6.43. The standard InChI is InChI=1S/C15H13N3S.C5H10/c1-3-12-6-9-19-15(12)17-11(2)13-4-5-14-16-7-8-18(14)10-13;1-3-5-4-2/h3-10,17H,1-2H2;3H,1,4-5H2,2H3. The van der Waals surface area contributed by atoms with E-state index in [-0.39, 0.29) is 0 Å². The molecule has 0 aliphatic carbocycles. The average molecular weight is 337 g/mol. The summed E-state index contributed by atoms with van der Waals surface area (Å²) >= 11 is 1.64. The number of aromatic nitrogens is 2. The molecule has 24 heavy (non-hydrogen) atoms. The topological polar surface area (TPSA) is 29.3 Å². The summed E-state index contributed by atoms with van der Waals surface area (Å²) in [6.07, 6.45) is 11.9. The minimum atomic E-state index is 0.862. The first-order chi connectivity index (χ1) is 11.7. The van der Waals surface area contributed by atoms with Crippen LogP contribution in [0.5, 0.6) is 0 Å². The van der Waals surface area contributed by atoms with Gasteiger partial charge in [-0.3, -0.25) is 0 Å². The van der Waals surface area contributed by atoms with Crippen molar-refractivity contribution in [1.82, 2.24) is 9.38 Å². The lowest BCUT2D eigenvalue weighted by atomic mass is 10.2. The number of allylic oxidation sites excluding steroid dienone is 1. The van der Waals surface area contributed by atoms with E-state index in [0.29, 0.717) is 0 Å². The number of rotatable bonds is 6. The molecule has 0 aromatic carbocycles. The molecular formula is C20H23N3S. The van der Waals surface area contributed by atoms with E-state index in [1.807, 2.05) is 52.5 Å². The van der Waals surface area contributed by atoms with Gasteiger partial charge in [0.2, 0.25) is 0 Å². The highest BCUT2D eigenvalue weighted by atomic mass is 32.1. The van der Waals surface area contributed by atoms with E-state index in [0.717, 1.165) is 33.9 Å². The fraction of sp³-hybridized carbons (Fsp3) is 0.150. The first-order valence-electron chi connectivity index (χ1n) is 7.89. The van der Waals surface area contributed by atoms with Gasteiger partial charge in [-0.25, -0.2) is 4.98 Å². The zero-order valence-electron chi connectivity index (χ0n) is 14.0. The van der Waals surface area contributed by atoms with Gasteiger partial charge in [-0.05, 0) is 30.0 Å². The van der Waals surface area contributed by atoms with Gasteiger partial charge in [0.05, 0.1) is 5.00 Å². The zero-order valence-corrected chi connectivity index (χ0v) is 14.9. The van der Waals surface area contributed by atoms with Crippen LogP contribution in [0.2, 0.25) is 0 Å². The van der Waals surface area contributed by atoms with Crippen molar-refractivity contribution in [2.75, 3.05) is 5.32 Å². The number of fused-ring (bicyclic) bond motifs is 1. The summed E-state index contributed by atoms with van der Waals surface area (Å²) in [4.78, 5) is 4.22. The van der Waals surface area contributed by atoms with E-state index in [1.165, 1.54) is 6.42 Å². The second-order valence-corrected chi connectivity index (χ2v) is 6.12. The van der Waals surface area contributed by atoms with Crippen molar-refractivity contribution in [1.29, 1.82) is 0 Å². The number of thiophene rings is 1. The highest BCUT2D eigenvalue weighted by molar-refractivity contribution is 7.14. The first-order valence-corrected chi connectivity index (χ1v) is 8.77. The second-order valence-electron chi connectivity index (χ2n) is 5.20. The van der Waals surface area contributed by atoms with Gasteiger partial charge in [0.15, 0.2) is 0 Å². The fourth-order valence-corrected chi connectivity index (χ4v) is 2.91. The Morgan fingerprint density at radius 3 is 2.83 bits per heavy atom. The van der Waals surface area contributed by atoms with Crippen molar-refractivity contribution in [3.05, 3.63) is 79.1 Å². The minimum absolute atomic E-state index is 0.862. The van der Waals surface area contributed by atoms with Crippen LogP contribution in [0, 0.1) is 0 Å². The largest absolute Gasteiger partial charge is 0.347 e. The molecule has 1 N–H and O–H groups in total. The number of hydrogen-bond acceptors (Lipinski definition) is 3. The lowest BCUT2D eigenvalue weighted by Gasteiger charge is -2.09. The third-order valence-electron chi connectivity index (χ3n) is 3.41. The summed E-state index contributed by atoms with van der Waals surface area (Å²) in [5.74, 6) is 0. The van der Waals surface area contributed by atoms with Crippen molar-refractivity contribution < 1.29 is 0 Å². The van der Waals surface area contributed by atoms with Crippen LogP contribution < -0.4 is 5.32 Å². The van der Waals surface area contributed by atoms with Crippen LogP contribution in [0.1, 0.15) is 30.9 Å². The Morgan fingerprint density at radius 2 is 2.17 bits per heavy atom. The molecule has 0 aliphatic heterocycles. The monoisotopic (exact) mass is 337 g/mol. The number of nitrogens with one attached hydrogen (secondary N) is 1. The Hall–Kier alpha value is -2.59. The van der Waals surface area contributed by atoms with Gasteiger partial charge >= 0.3 is 0 Å². The van der Waals surface area contributed by atoms with Crippen LogP contribution in [0.25, 0.3) is 17.4 Å². The SMILES string of the molecule is C=CCCC.C=Cc1ccsc1NC(=C)c1ccc2nccn2c1. The van der Waals surface area contributed by atoms with E-state index in [1.54, 1.807) is 17.5 Å². The molecule has 3 nitrogen and oxygen atoms in total. The molecular weight excluding hydrogens is 314 g/mol. The van der Waals surface area contributed by atoms with Gasteiger partial charge in [-0.1, -0.05) is 38.7 Å². The van der Waals surface area contributed by atoms with Crippen molar-refractivity contribution in [2.45, 2.75) is 19.8 Å². The van der Waals surface area contributed by atoms with Crippen molar-refractivity contribution in [3.63, 3.8) is 0 Å². The van der Waals surface area contributed by atoms with Gasteiger partial charge in [0.1, 0.15) is 5.65 Å². The van der Waals surface area contributed by atoms with Crippen molar-refractivity contribution in [3.8, 4) is 0 Å². The third kappa shape index (κ3) is 4.46. The number of pyridine rings is 1. The predicted molar refractivity (Wildman–Crippen MR) is 107 cm³/mol. The third-order valence-corrected chi connectivity index (χ3v) is 4.26. The molecule has 3 aromatic rings. The zero-order chi connectivity index (χ0) is 17.4. The van der Waals surface area contributed by atoms with Crippen LogP contribution >= 0.6 is 11.3 Å². The smallest absolute Gasteiger partial charge is 0.136 e. The molecule has 0 saturated carbocycles. The number of unbranched alkanes of at least 4 members (excludes halogenated alkanes) is 1. The normalized spacial score (nSPS) is 9.88. The molecule has 0 radical (unpaired) electrons. The number of imidazole rings is 1. The Labute approximate surface area is 147 Å². The van der Waals surface area contributed by atoms with Gasteiger partial charge in [-0.2, -0.15) is 0 Å². The molecule has 0 unspecified atom stereocenters. The maximum Gasteiger partial charge on any atom is 0.136 e. The molecule has 0 aliphatic rings. The van der Waals surface area contributed by atoms with Crippen LogP contribution in [-0.2, 0) is 0 Å². The average Bonchev–Trinajstić information content (AvgIpc) is 3.23. The van der Waals surface area contributed by atoms with Gasteiger partial charge in [0.25, 0.3) is 0 Å². The summed E-state index contributed by atoms with van der Waals surface area (Å²) in [6, 6.07) is 6.02. The lowest BCUT2D eigenvalue weighted by molar-refractivity contribution is 0.961. The number of hydrogen-bond donors (Lipinski definition) is 1. The summed E-state index contributed by atoms with van der Waals surface area (Å²) in [5.41, 5.74) is 3.92. The quantitative estimate of drug-likeness (QED) is 0.551. The van der Waals surface area contributed by atoms with Crippen molar-refractivity contribution in [2.24, 2.45) is 0 Å². The first kappa shape index (κ1) is 17.8. The molecule has 0 spiro atoms. The van der Waals surface area contributed by atoms with Gasteiger partial charge in [0, 0.05) is 35.4 Å². The highest BCUT2D eigenvalue weighted by Gasteiger charge is 2.05. The highest BCUT2D eigenvalue weighted by Crippen LogP contribution is 2.27. The van der Waals surface area contributed by atoms with Crippen LogP contribution in [0.3, 0.4) is 0 Å². The molecule has 0 atom stereocenters. The van der Waals surface area contributed by atoms with Crippen LogP contribution in [0.15, 0.2) is 68.0 Å². The molecule has 3 heterocycles. The van der Waals surface area contributed by atoms with E-state index >= 15 is 0 Å².